The zero-order valence-electron chi connectivity index (χ0n) is 24.1. The lowest BCUT2D eigenvalue weighted by Crippen LogP contribution is -2.43. The number of aromatic nitrogens is 1. The fraction of sp³-hybridized carbons (Fsp3) is 0.500. The van der Waals surface area contributed by atoms with E-state index in [1.165, 1.54) is 17.4 Å². The number of amidine groups is 1. The molecule has 0 radical (unpaired) electrons. The molecule has 2 fully saturated rings. The minimum atomic E-state index is -0.564. The van der Waals surface area contributed by atoms with Gasteiger partial charge in [-0.05, 0) is 63.8 Å². The molecule has 2 unspecified atom stereocenters. The summed E-state index contributed by atoms with van der Waals surface area (Å²) < 4.78 is 6.41. The standard InChI is InChI=1S/C30H38N8O3S/c1-3-26(39)38-11-5-7-19(18-38)41-20-15-23(34-25(16-20)37-12-6-10-36(2)13-14-37)28(32)35-30(40)21-8-4-9-24-27(21)22(17-31)29(33)42-24/h3,15-16,19,21H,1,4-14,18,33H2,2H3,(H2,32,35,40). The normalized spacial score (nSPS) is 21.7. The van der Waals surface area contributed by atoms with Gasteiger partial charge in [-0.2, -0.15) is 10.3 Å². The minimum absolute atomic E-state index is 0.000390. The number of hydrogen-bond donors (Lipinski definition) is 2. The lowest BCUT2D eigenvalue weighted by atomic mass is 9.85. The highest BCUT2D eigenvalue weighted by atomic mass is 32.1. The van der Waals surface area contributed by atoms with Gasteiger partial charge in [-0.15, -0.1) is 11.3 Å². The van der Waals surface area contributed by atoms with Crippen molar-refractivity contribution in [1.82, 2.24) is 14.8 Å². The second kappa shape index (κ2) is 12.9. The maximum absolute atomic E-state index is 13.5. The molecule has 2 saturated heterocycles. The van der Waals surface area contributed by atoms with Crippen LogP contribution in [0, 0.1) is 11.3 Å². The van der Waals surface area contributed by atoms with Crippen molar-refractivity contribution in [3.8, 4) is 11.8 Å². The number of nitrogen functional groups attached to an aromatic ring is 1. The van der Waals surface area contributed by atoms with E-state index in [1.54, 1.807) is 11.0 Å². The number of nitrogens with zero attached hydrogens (tertiary/aromatic N) is 6. The number of anilines is 2. The third kappa shape index (κ3) is 6.42. The van der Waals surface area contributed by atoms with Crippen molar-refractivity contribution in [2.45, 2.75) is 50.5 Å². The van der Waals surface area contributed by atoms with E-state index in [2.05, 4.69) is 34.5 Å². The first kappa shape index (κ1) is 29.5. The number of likely N-dealkylation sites (N-methyl/N-ethyl adjacent to an activating group) is 1. The number of thiophene rings is 1. The van der Waals surface area contributed by atoms with Gasteiger partial charge in [-0.3, -0.25) is 9.59 Å². The Hall–Kier alpha value is -3.95. The number of aliphatic imine (C=N–C) groups is 1. The smallest absolute Gasteiger partial charge is 0.255 e. The van der Waals surface area contributed by atoms with Crippen LogP contribution in [0.4, 0.5) is 10.8 Å². The van der Waals surface area contributed by atoms with Gasteiger partial charge in [0.25, 0.3) is 5.91 Å². The molecule has 0 aromatic carbocycles. The van der Waals surface area contributed by atoms with Gasteiger partial charge in [-0.1, -0.05) is 6.58 Å². The summed E-state index contributed by atoms with van der Waals surface area (Å²) in [5.74, 6) is 0.190. The lowest BCUT2D eigenvalue weighted by molar-refractivity contribution is -0.128. The molecule has 0 spiro atoms. The van der Waals surface area contributed by atoms with Gasteiger partial charge in [-0.25, -0.2) is 4.98 Å². The molecule has 1 aliphatic carbocycles. The van der Waals surface area contributed by atoms with Gasteiger partial charge < -0.3 is 30.9 Å². The zero-order chi connectivity index (χ0) is 29.8. The van der Waals surface area contributed by atoms with Crippen molar-refractivity contribution in [3.05, 3.63) is 46.5 Å². The Morgan fingerprint density at radius 2 is 2.02 bits per heavy atom. The molecule has 2 atom stereocenters. The third-order valence-electron chi connectivity index (χ3n) is 8.19. The number of carbonyl (C=O) groups is 2. The SMILES string of the molecule is C=CC(=O)N1CCCC(Oc2cc(C(N)=NC(=O)C3CCCc4sc(N)c(C#N)c43)nc(N3CCCN(C)CC3)c2)C1. The average molecular weight is 591 g/mol. The predicted octanol–water partition coefficient (Wildman–Crippen LogP) is 2.65. The number of piperidine rings is 1. The quantitative estimate of drug-likeness (QED) is 0.294. The minimum Gasteiger partial charge on any atom is -0.488 e. The molecule has 2 aromatic rings. The number of pyridine rings is 1. The van der Waals surface area contributed by atoms with E-state index in [9.17, 15) is 14.9 Å². The molecule has 2 amide bonds. The van der Waals surface area contributed by atoms with Crippen molar-refractivity contribution in [1.29, 1.82) is 5.26 Å². The van der Waals surface area contributed by atoms with Gasteiger partial charge in [0.2, 0.25) is 5.91 Å². The van der Waals surface area contributed by atoms with E-state index in [0.29, 0.717) is 52.9 Å². The van der Waals surface area contributed by atoms with Crippen LogP contribution in [0.5, 0.6) is 5.75 Å². The molecule has 2 aromatic heterocycles. The van der Waals surface area contributed by atoms with Crippen LogP contribution >= 0.6 is 11.3 Å². The van der Waals surface area contributed by atoms with Crippen molar-refractivity contribution >= 4 is 39.8 Å². The summed E-state index contributed by atoms with van der Waals surface area (Å²) in [5.41, 5.74) is 14.0. The van der Waals surface area contributed by atoms with Crippen molar-refractivity contribution in [2.75, 3.05) is 56.9 Å². The van der Waals surface area contributed by atoms with E-state index < -0.39 is 11.8 Å². The van der Waals surface area contributed by atoms with Crippen LogP contribution in [0.15, 0.2) is 29.8 Å². The summed E-state index contributed by atoms with van der Waals surface area (Å²) in [5, 5.41) is 10.1. The second-order valence-electron chi connectivity index (χ2n) is 11.1. The molecule has 2 aliphatic heterocycles. The van der Waals surface area contributed by atoms with E-state index in [1.807, 2.05) is 6.07 Å². The zero-order valence-corrected chi connectivity index (χ0v) is 24.9. The van der Waals surface area contributed by atoms with Crippen molar-refractivity contribution in [3.63, 3.8) is 0 Å². The molecule has 42 heavy (non-hydrogen) atoms. The van der Waals surface area contributed by atoms with E-state index in [0.717, 1.165) is 63.2 Å². The highest BCUT2D eigenvalue weighted by Crippen LogP contribution is 2.42. The largest absolute Gasteiger partial charge is 0.488 e. The number of ether oxygens (including phenoxy) is 1. The molecule has 0 saturated carbocycles. The van der Waals surface area contributed by atoms with E-state index in [4.69, 9.17) is 21.2 Å². The Balaban J connectivity index is 1.44. The predicted molar refractivity (Wildman–Crippen MR) is 164 cm³/mol. The van der Waals surface area contributed by atoms with Crippen LogP contribution in [-0.2, 0) is 16.0 Å². The molecule has 222 valence electrons. The van der Waals surface area contributed by atoms with Gasteiger partial charge in [0.1, 0.15) is 34.4 Å². The highest BCUT2D eigenvalue weighted by Gasteiger charge is 2.33. The highest BCUT2D eigenvalue weighted by molar-refractivity contribution is 7.16. The molecular formula is C30H38N8O3S. The molecule has 5 rings (SSSR count). The number of rotatable bonds is 6. The van der Waals surface area contributed by atoms with Crippen LogP contribution in [-0.4, -0.2) is 84.9 Å². The first-order chi connectivity index (χ1) is 20.3. The van der Waals surface area contributed by atoms with Crippen LogP contribution in [0.25, 0.3) is 0 Å². The molecular weight excluding hydrogens is 552 g/mol. The Bertz CT molecular complexity index is 1430. The number of fused-ring (bicyclic) bond motifs is 1. The van der Waals surface area contributed by atoms with Crippen molar-refractivity contribution in [2.24, 2.45) is 10.7 Å². The summed E-state index contributed by atoms with van der Waals surface area (Å²) >= 11 is 1.37. The third-order valence-corrected chi connectivity index (χ3v) is 9.29. The first-order valence-electron chi connectivity index (χ1n) is 14.5. The fourth-order valence-electron chi connectivity index (χ4n) is 5.98. The maximum Gasteiger partial charge on any atom is 0.255 e. The van der Waals surface area contributed by atoms with E-state index in [-0.39, 0.29) is 17.8 Å². The van der Waals surface area contributed by atoms with Gasteiger partial charge in [0, 0.05) is 43.2 Å². The van der Waals surface area contributed by atoms with Gasteiger partial charge >= 0.3 is 0 Å². The van der Waals surface area contributed by atoms with Crippen LogP contribution < -0.4 is 21.1 Å². The fourth-order valence-corrected chi connectivity index (χ4v) is 7.10. The second-order valence-corrected chi connectivity index (χ2v) is 12.3. The van der Waals surface area contributed by atoms with Crippen LogP contribution in [0.1, 0.15) is 59.7 Å². The number of carbonyl (C=O) groups excluding carboxylic acids is 2. The average Bonchev–Trinajstić information content (AvgIpc) is 3.16. The first-order valence-corrected chi connectivity index (χ1v) is 15.3. The Kier molecular flexibility index (Phi) is 9.09. The maximum atomic E-state index is 13.5. The summed E-state index contributed by atoms with van der Waals surface area (Å²) in [6.07, 6.45) is 5.93. The monoisotopic (exact) mass is 590 g/mol. The molecule has 11 nitrogen and oxygen atoms in total. The lowest BCUT2D eigenvalue weighted by Gasteiger charge is -2.32. The van der Waals surface area contributed by atoms with Crippen LogP contribution in [0.3, 0.4) is 0 Å². The summed E-state index contributed by atoms with van der Waals surface area (Å²) in [7, 11) is 2.10. The number of nitriles is 1. The number of nitrogens with two attached hydrogens (primary N) is 2. The van der Waals surface area contributed by atoms with Crippen molar-refractivity contribution < 1.29 is 14.3 Å². The number of amides is 2. The van der Waals surface area contributed by atoms with Crippen LogP contribution in [0.2, 0.25) is 0 Å². The molecule has 12 heteroatoms. The Morgan fingerprint density at radius 3 is 2.81 bits per heavy atom. The number of hydrogen-bond acceptors (Lipinski definition) is 9. The van der Waals surface area contributed by atoms with Gasteiger partial charge in [0.15, 0.2) is 5.84 Å². The molecule has 3 aliphatic rings. The Labute approximate surface area is 250 Å². The number of likely N-dealkylation sites (tertiary alicyclic amines) is 1. The molecule has 4 heterocycles. The molecule has 4 N–H and O–H groups in total. The number of aryl methyl sites for hydroxylation is 1. The summed E-state index contributed by atoms with van der Waals surface area (Å²) in [6.45, 7) is 8.23. The topological polar surface area (TPSA) is 154 Å². The Morgan fingerprint density at radius 1 is 1.19 bits per heavy atom. The van der Waals surface area contributed by atoms with Gasteiger partial charge in [0.05, 0.1) is 18.0 Å². The summed E-state index contributed by atoms with van der Waals surface area (Å²) in [4.78, 5) is 42.0. The molecule has 0 bridgehead atoms. The van der Waals surface area contributed by atoms with E-state index >= 15 is 0 Å². The summed E-state index contributed by atoms with van der Waals surface area (Å²) in [6, 6.07) is 5.78.